The highest BCUT2D eigenvalue weighted by Gasteiger charge is 2.22. The number of hydrogen-bond acceptors (Lipinski definition) is 3. The SMILES string of the molecule is CCc1noc2c1CCC(N)C2. The Morgan fingerprint density at radius 3 is 3.25 bits per heavy atom. The van der Waals surface area contributed by atoms with E-state index in [-0.39, 0.29) is 6.04 Å². The van der Waals surface area contributed by atoms with Crippen LogP contribution in [-0.2, 0) is 19.3 Å². The predicted molar refractivity (Wildman–Crippen MR) is 45.9 cm³/mol. The highest BCUT2D eigenvalue weighted by molar-refractivity contribution is 5.26. The van der Waals surface area contributed by atoms with E-state index in [0.717, 1.165) is 37.1 Å². The molecule has 1 unspecified atom stereocenters. The molecule has 0 saturated heterocycles. The van der Waals surface area contributed by atoms with Gasteiger partial charge in [0.15, 0.2) is 0 Å². The number of hydrogen-bond donors (Lipinski definition) is 1. The first-order valence-electron chi connectivity index (χ1n) is 4.53. The van der Waals surface area contributed by atoms with Crippen LogP contribution in [0.2, 0.25) is 0 Å². The van der Waals surface area contributed by atoms with Crippen molar-refractivity contribution < 1.29 is 4.52 Å². The van der Waals surface area contributed by atoms with Gasteiger partial charge in [0.1, 0.15) is 5.76 Å². The largest absolute Gasteiger partial charge is 0.361 e. The molecule has 0 saturated carbocycles. The van der Waals surface area contributed by atoms with Crippen molar-refractivity contribution in [1.82, 2.24) is 5.16 Å². The summed E-state index contributed by atoms with van der Waals surface area (Å²) >= 11 is 0. The molecule has 1 aromatic heterocycles. The first-order valence-corrected chi connectivity index (χ1v) is 4.53. The van der Waals surface area contributed by atoms with E-state index in [4.69, 9.17) is 10.3 Å². The third kappa shape index (κ3) is 1.14. The van der Waals surface area contributed by atoms with Crippen LogP contribution in [0, 0.1) is 0 Å². The number of aromatic nitrogens is 1. The average molecular weight is 166 g/mol. The van der Waals surface area contributed by atoms with Gasteiger partial charge >= 0.3 is 0 Å². The minimum atomic E-state index is 0.273. The van der Waals surface area contributed by atoms with Crippen molar-refractivity contribution >= 4 is 0 Å². The molecule has 0 radical (unpaired) electrons. The summed E-state index contributed by atoms with van der Waals surface area (Å²) in [5.74, 6) is 1.02. The van der Waals surface area contributed by atoms with Crippen molar-refractivity contribution in [3.8, 4) is 0 Å². The first-order chi connectivity index (χ1) is 5.81. The fourth-order valence-corrected chi connectivity index (χ4v) is 1.77. The van der Waals surface area contributed by atoms with Gasteiger partial charge in [0, 0.05) is 18.0 Å². The van der Waals surface area contributed by atoms with Gasteiger partial charge in [-0.2, -0.15) is 0 Å². The second-order valence-corrected chi connectivity index (χ2v) is 3.39. The summed E-state index contributed by atoms with van der Waals surface area (Å²) in [6.45, 7) is 2.10. The molecule has 1 atom stereocenters. The van der Waals surface area contributed by atoms with Gasteiger partial charge in [-0.1, -0.05) is 12.1 Å². The molecule has 0 bridgehead atoms. The second kappa shape index (κ2) is 2.90. The highest BCUT2D eigenvalue weighted by Crippen LogP contribution is 2.23. The maximum Gasteiger partial charge on any atom is 0.141 e. The minimum Gasteiger partial charge on any atom is -0.361 e. The van der Waals surface area contributed by atoms with E-state index in [1.807, 2.05) is 0 Å². The van der Waals surface area contributed by atoms with Crippen molar-refractivity contribution in [2.45, 2.75) is 38.6 Å². The van der Waals surface area contributed by atoms with Gasteiger partial charge in [-0.3, -0.25) is 0 Å². The molecule has 2 N–H and O–H groups in total. The maximum absolute atomic E-state index is 5.81. The van der Waals surface area contributed by atoms with Crippen LogP contribution in [0.4, 0.5) is 0 Å². The molecule has 1 aromatic rings. The molecule has 0 spiro atoms. The standard InChI is InChI=1S/C9H14N2O/c1-2-8-7-4-3-6(10)5-9(7)12-11-8/h6H,2-5,10H2,1H3. The van der Waals surface area contributed by atoms with Crippen LogP contribution in [0.25, 0.3) is 0 Å². The Morgan fingerprint density at radius 1 is 1.67 bits per heavy atom. The van der Waals surface area contributed by atoms with Gasteiger partial charge in [0.05, 0.1) is 5.69 Å². The molecule has 0 aliphatic heterocycles. The summed E-state index contributed by atoms with van der Waals surface area (Å²) in [5, 5.41) is 4.02. The van der Waals surface area contributed by atoms with Crippen molar-refractivity contribution in [3.63, 3.8) is 0 Å². The molecule has 66 valence electrons. The highest BCUT2D eigenvalue weighted by atomic mass is 16.5. The molecule has 1 aliphatic carbocycles. The zero-order chi connectivity index (χ0) is 8.55. The zero-order valence-corrected chi connectivity index (χ0v) is 7.34. The second-order valence-electron chi connectivity index (χ2n) is 3.39. The minimum absolute atomic E-state index is 0.273. The van der Waals surface area contributed by atoms with Crippen LogP contribution in [0.3, 0.4) is 0 Å². The number of aryl methyl sites for hydroxylation is 1. The number of nitrogens with two attached hydrogens (primary N) is 1. The van der Waals surface area contributed by atoms with Crippen molar-refractivity contribution in [2.24, 2.45) is 5.73 Å². The zero-order valence-electron chi connectivity index (χ0n) is 7.34. The maximum atomic E-state index is 5.81. The van der Waals surface area contributed by atoms with Crippen LogP contribution in [0.5, 0.6) is 0 Å². The summed E-state index contributed by atoms with van der Waals surface area (Å²) in [4.78, 5) is 0. The molecule has 2 rings (SSSR count). The van der Waals surface area contributed by atoms with Crippen LogP contribution >= 0.6 is 0 Å². The van der Waals surface area contributed by atoms with E-state index in [1.54, 1.807) is 0 Å². The van der Waals surface area contributed by atoms with Crippen LogP contribution in [-0.4, -0.2) is 11.2 Å². The van der Waals surface area contributed by atoms with Crippen LogP contribution in [0.15, 0.2) is 4.52 Å². The number of fused-ring (bicyclic) bond motifs is 1. The van der Waals surface area contributed by atoms with Gasteiger partial charge in [0.25, 0.3) is 0 Å². The molecule has 0 amide bonds. The van der Waals surface area contributed by atoms with Crippen LogP contribution < -0.4 is 5.73 Å². The molecule has 0 aromatic carbocycles. The molecule has 1 heterocycles. The third-order valence-corrected chi connectivity index (χ3v) is 2.50. The number of rotatable bonds is 1. The Labute approximate surface area is 71.9 Å². The Balaban J connectivity index is 2.32. The first kappa shape index (κ1) is 7.80. The lowest BCUT2D eigenvalue weighted by atomic mass is 9.92. The summed E-state index contributed by atoms with van der Waals surface area (Å²) in [6.07, 6.45) is 3.95. The molecular formula is C9H14N2O. The quantitative estimate of drug-likeness (QED) is 0.678. The molecule has 0 fully saturated rings. The van der Waals surface area contributed by atoms with E-state index in [9.17, 15) is 0 Å². The Hall–Kier alpha value is -0.830. The van der Waals surface area contributed by atoms with Gasteiger partial charge < -0.3 is 10.3 Å². The normalized spacial score (nSPS) is 22.3. The Bertz CT molecular complexity index is 280. The predicted octanol–water partition coefficient (Wildman–Crippen LogP) is 1.05. The number of nitrogens with zero attached hydrogens (tertiary/aromatic N) is 1. The molecule has 1 aliphatic rings. The third-order valence-electron chi connectivity index (χ3n) is 2.50. The lowest BCUT2D eigenvalue weighted by Crippen LogP contribution is -2.27. The molecule has 3 heteroatoms. The fraction of sp³-hybridized carbons (Fsp3) is 0.667. The van der Waals surface area contributed by atoms with Crippen LogP contribution in [0.1, 0.15) is 30.4 Å². The Kier molecular flexibility index (Phi) is 1.89. The molecule has 12 heavy (non-hydrogen) atoms. The van der Waals surface area contributed by atoms with E-state index < -0.39 is 0 Å². The van der Waals surface area contributed by atoms with Crippen molar-refractivity contribution in [1.29, 1.82) is 0 Å². The fourth-order valence-electron chi connectivity index (χ4n) is 1.77. The van der Waals surface area contributed by atoms with Gasteiger partial charge in [-0.25, -0.2) is 0 Å². The van der Waals surface area contributed by atoms with E-state index >= 15 is 0 Å². The van der Waals surface area contributed by atoms with Gasteiger partial charge in [0.2, 0.25) is 0 Å². The van der Waals surface area contributed by atoms with Crippen molar-refractivity contribution in [2.75, 3.05) is 0 Å². The van der Waals surface area contributed by atoms with Gasteiger partial charge in [-0.05, 0) is 19.3 Å². The molecule has 3 nitrogen and oxygen atoms in total. The monoisotopic (exact) mass is 166 g/mol. The van der Waals surface area contributed by atoms with E-state index in [1.165, 1.54) is 5.56 Å². The van der Waals surface area contributed by atoms with Crippen molar-refractivity contribution in [3.05, 3.63) is 17.0 Å². The molecular weight excluding hydrogens is 152 g/mol. The lowest BCUT2D eigenvalue weighted by Gasteiger charge is -2.15. The van der Waals surface area contributed by atoms with E-state index in [0.29, 0.717) is 0 Å². The summed E-state index contributed by atoms with van der Waals surface area (Å²) < 4.78 is 5.22. The lowest BCUT2D eigenvalue weighted by molar-refractivity contribution is 0.359. The summed E-state index contributed by atoms with van der Waals surface area (Å²) in [6, 6.07) is 0.273. The summed E-state index contributed by atoms with van der Waals surface area (Å²) in [5.41, 5.74) is 8.25. The average Bonchev–Trinajstić information content (AvgIpc) is 2.46. The van der Waals surface area contributed by atoms with Gasteiger partial charge in [-0.15, -0.1) is 0 Å². The Morgan fingerprint density at radius 2 is 2.50 bits per heavy atom. The smallest absolute Gasteiger partial charge is 0.141 e. The summed E-state index contributed by atoms with van der Waals surface area (Å²) in [7, 11) is 0. The van der Waals surface area contributed by atoms with E-state index in [2.05, 4.69) is 12.1 Å². The topological polar surface area (TPSA) is 52.0 Å².